The number of aromatic nitrogens is 1. The van der Waals surface area contributed by atoms with Crippen LogP contribution in [0.3, 0.4) is 0 Å². The minimum absolute atomic E-state index is 0.0445. The zero-order chi connectivity index (χ0) is 17.6. The van der Waals surface area contributed by atoms with Crippen LogP contribution in [0.1, 0.15) is 40.6 Å². The van der Waals surface area contributed by atoms with Crippen LogP contribution in [-0.4, -0.2) is 4.98 Å². The molecule has 0 saturated heterocycles. The van der Waals surface area contributed by atoms with E-state index in [-0.39, 0.29) is 12.2 Å². The second-order valence-electron chi connectivity index (χ2n) is 5.91. The fourth-order valence-electron chi connectivity index (χ4n) is 2.66. The molecule has 0 unspecified atom stereocenters. The average Bonchev–Trinajstić information content (AvgIpc) is 2.54. The highest BCUT2D eigenvalue weighted by Gasteiger charge is 2.08. The predicted molar refractivity (Wildman–Crippen MR) is 90.7 cm³/mol. The third-order valence-electron chi connectivity index (χ3n) is 3.73. The number of aryl methyl sites for hydroxylation is 2. The minimum Gasteiger partial charge on any atom is -0.256 e. The smallest absolute Gasteiger partial charge is 0.0840 e. The van der Waals surface area contributed by atoms with Crippen molar-refractivity contribution < 1.29 is 4.11 Å². The molecule has 1 heteroatoms. The summed E-state index contributed by atoms with van der Waals surface area (Å²) in [6, 6.07) is 10.5. The van der Waals surface area contributed by atoms with Crippen LogP contribution in [0.15, 0.2) is 48.6 Å². The van der Waals surface area contributed by atoms with Gasteiger partial charge in [0, 0.05) is 17.1 Å². The lowest BCUT2D eigenvalue weighted by Gasteiger charge is -2.11. The van der Waals surface area contributed by atoms with E-state index in [1.807, 2.05) is 44.2 Å². The van der Waals surface area contributed by atoms with Gasteiger partial charge in [-0.15, -0.1) is 0 Å². The minimum atomic E-state index is -0.0445. The van der Waals surface area contributed by atoms with Crippen molar-refractivity contribution in [2.24, 2.45) is 0 Å². The molecule has 0 aliphatic heterocycles. The van der Waals surface area contributed by atoms with E-state index in [1.54, 1.807) is 0 Å². The van der Waals surface area contributed by atoms with Crippen molar-refractivity contribution in [1.29, 1.82) is 0 Å². The van der Waals surface area contributed by atoms with Crippen LogP contribution in [0.5, 0.6) is 0 Å². The molecule has 1 heterocycles. The molecule has 0 amide bonds. The number of hydrogen-bond acceptors (Lipinski definition) is 1. The molecule has 0 radical (unpaired) electrons. The molecule has 2 aromatic carbocycles. The van der Waals surface area contributed by atoms with Gasteiger partial charge in [0.2, 0.25) is 0 Å². The molecule has 21 heavy (non-hydrogen) atoms. The standard InChI is InChI=1S/C20H21N/c1-13(2)16-5-6-19-17(12-16)7-8-21-20(19)18-10-14(3)9-15(4)11-18/h5-13H,1-4H3/i7D,8D,10D. The van der Waals surface area contributed by atoms with E-state index in [1.165, 1.54) is 0 Å². The summed E-state index contributed by atoms with van der Waals surface area (Å²) in [5.41, 5.74) is 4.44. The van der Waals surface area contributed by atoms with E-state index in [0.717, 1.165) is 33.0 Å². The van der Waals surface area contributed by atoms with Gasteiger partial charge in [-0.1, -0.05) is 49.2 Å². The molecule has 0 fully saturated rings. The van der Waals surface area contributed by atoms with Crippen molar-refractivity contribution in [3.8, 4) is 11.3 Å². The first-order valence-corrected chi connectivity index (χ1v) is 7.28. The fourth-order valence-corrected chi connectivity index (χ4v) is 2.66. The lowest BCUT2D eigenvalue weighted by atomic mass is 9.96. The molecule has 3 aromatic rings. The molecule has 0 saturated carbocycles. The Hall–Kier alpha value is -2.15. The Balaban J connectivity index is 2.40. The number of nitrogens with zero attached hydrogens (tertiary/aromatic N) is 1. The van der Waals surface area contributed by atoms with Gasteiger partial charge in [0.15, 0.2) is 0 Å². The fraction of sp³-hybridized carbons (Fsp3) is 0.250. The Labute approximate surface area is 130 Å². The normalized spacial score (nSPS) is 13.3. The lowest BCUT2D eigenvalue weighted by Crippen LogP contribution is -1.91. The molecule has 1 aromatic heterocycles. The van der Waals surface area contributed by atoms with Crippen LogP contribution in [0.2, 0.25) is 0 Å². The van der Waals surface area contributed by atoms with E-state index >= 15 is 0 Å². The third kappa shape index (κ3) is 2.69. The molecule has 0 bridgehead atoms. The Morgan fingerprint density at radius 1 is 1.05 bits per heavy atom. The summed E-state index contributed by atoms with van der Waals surface area (Å²) in [5.74, 6) is 0.354. The van der Waals surface area contributed by atoms with E-state index in [9.17, 15) is 0 Å². The maximum absolute atomic E-state index is 8.39. The van der Waals surface area contributed by atoms with Crippen molar-refractivity contribution in [3.05, 3.63) is 65.3 Å². The monoisotopic (exact) mass is 278 g/mol. The van der Waals surface area contributed by atoms with Gasteiger partial charge in [0.1, 0.15) is 0 Å². The number of pyridine rings is 1. The average molecular weight is 278 g/mol. The maximum atomic E-state index is 8.39. The van der Waals surface area contributed by atoms with Crippen LogP contribution >= 0.6 is 0 Å². The Morgan fingerprint density at radius 3 is 2.62 bits per heavy atom. The van der Waals surface area contributed by atoms with Crippen molar-refractivity contribution >= 4 is 10.8 Å². The number of benzene rings is 2. The molecule has 1 nitrogen and oxygen atoms in total. The topological polar surface area (TPSA) is 12.9 Å². The second kappa shape index (κ2) is 5.33. The van der Waals surface area contributed by atoms with Gasteiger partial charge in [0.25, 0.3) is 0 Å². The summed E-state index contributed by atoms with van der Waals surface area (Å²) >= 11 is 0. The Morgan fingerprint density at radius 2 is 1.86 bits per heavy atom. The highest BCUT2D eigenvalue weighted by molar-refractivity contribution is 5.95. The second-order valence-corrected chi connectivity index (χ2v) is 5.91. The van der Waals surface area contributed by atoms with Crippen molar-refractivity contribution in [2.45, 2.75) is 33.6 Å². The van der Waals surface area contributed by atoms with Crippen LogP contribution < -0.4 is 0 Å². The molecule has 0 aliphatic rings. The zero-order valence-corrected chi connectivity index (χ0v) is 12.9. The van der Waals surface area contributed by atoms with E-state index in [0.29, 0.717) is 17.7 Å². The van der Waals surface area contributed by atoms with Crippen molar-refractivity contribution in [2.75, 3.05) is 0 Å². The Kier molecular flexibility index (Phi) is 2.68. The largest absolute Gasteiger partial charge is 0.256 e. The molecular formula is C20H21N. The van der Waals surface area contributed by atoms with Crippen LogP contribution in [0.4, 0.5) is 0 Å². The van der Waals surface area contributed by atoms with Gasteiger partial charge >= 0.3 is 0 Å². The van der Waals surface area contributed by atoms with E-state index in [4.69, 9.17) is 4.11 Å². The third-order valence-corrected chi connectivity index (χ3v) is 3.73. The Bertz CT molecular complexity index is 946. The van der Waals surface area contributed by atoms with Crippen molar-refractivity contribution in [1.82, 2.24) is 4.98 Å². The quantitative estimate of drug-likeness (QED) is 0.591. The maximum Gasteiger partial charge on any atom is 0.0840 e. The SMILES string of the molecule is [2H]c1nc(-c2cc(C)cc(C)c2[2H])c2ccc(C(C)C)cc2c1[2H]. The first-order valence-electron chi connectivity index (χ1n) is 8.78. The predicted octanol–water partition coefficient (Wildman–Crippen LogP) is 5.64. The summed E-state index contributed by atoms with van der Waals surface area (Å²) in [4.78, 5) is 4.35. The molecular weight excluding hydrogens is 254 g/mol. The molecule has 0 atom stereocenters. The highest BCUT2D eigenvalue weighted by atomic mass is 14.7. The summed E-state index contributed by atoms with van der Waals surface area (Å²) in [7, 11) is 0. The van der Waals surface area contributed by atoms with Gasteiger partial charge in [-0.3, -0.25) is 4.98 Å². The number of fused-ring (bicyclic) bond motifs is 1. The van der Waals surface area contributed by atoms with Crippen LogP contribution in [0.25, 0.3) is 22.0 Å². The first kappa shape index (κ1) is 10.6. The summed E-state index contributed by atoms with van der Waals surface area (Å²) in [6.07, 6.45) is -0.0445. The number of hydrogen-bond donors (Lipinski definition) is 0. The summed E-state index contributed by atoms with van der Waals surface area (Å²) in [6.45, 7) is 8.13. The zero-order valence-electron chi connectivity index (χ0n) is 15.9. The van der Waals surface area contributed by atoms with Crippen LogP contribution in [-0.2, 0) is 0 Å². The molecule has 0 aliphatic carbocycles. The lowest BCUT2D eigenvalue weighted by molar-refractivity contribution is 0.869. The van der Waals surface area contributed by atoms with E-state index < -0.39 is 0 Å². The molecule has 0 spiro atoms. The van der Waals surface area contributed by atoms with Gasteiger partial charge in [-0.2, -0.15) is 0 Å². The van der Waals surface area contributed by atoms with Gasteiger partial charge in [0.05, 0.1) is 9.81 Å². The van der Waals surface area contributed by atoms with Gasteiger partial charge < -0.3 is 0 Å². The summed E-state index contributed by atoms with van der Waals surface area (Å²) in [5, 5.41) is 1.56. The first-order chi connectivity index (χ1) is 11.3. The van der Waals surface area contributed by atoms with E-state index in [2.05, 4.69) is 18.8 Å². The number of rotatable bonds is 2. The van der Waals surface area contributed by atoms with Crippen LogP contribution in [0, 0.1) is 13.8 Å². The van der Waals surface area contributed by atoms with Gasteiger partial charge in [-0.25, -0.2) is 0 Å². The van der Waals surface area contributed by atoms with Crippen molar-refractivity contribution in [3.63, 3.8) is 0 Å². The summed E-state index contributed by atoms with van der Waals surface area (Å²) < 4.78 is 24.7. The molecule has 3 rings (SSSR count). The molecule has 0 N–H and O–H groups in total. The highest BCUT2D eigenvalue weighted by Crippen LogP contribution is 2.29. The van der Waals surface area contributed by atoms with Gasteiger partial charge in [-0.05, 0) is 48.9 Å². The molecule has 106 valence electrons.